The van der Waals surface area contributed by atoms with Crippen LogP contribution in [0.25, 0.3) is 0 Å². The Hall–Kier alpha value is -1.91. The van der Waals surface area contributed by atoms with Crippen molar-refractivity contribution in [2.24, 2.45) is 5.92 Å². The van der Waals surface area contributed by atoms with Gasteiger partial charge in [0, 0.05) is 36.1 Å². The highest BCUT2D eigenvalue weighted by Crippen LogP contribution is 2.18. The molecular weight excluding hydrogens is 310 g/mol. The maximum atomic E-state index is 12.9. The molecule has 1 N–H and O–H groups in total. The second-order valence-corrected chi connectivity index (χ2v) is 6.35. The average molecular weight is 330 g/mol. The fraction of sp³-hybridized carbons (Fsp3) is 0.333. The third-order valence-corrected chi connectivity index (χ3v) is 4.33. The molecule has 120 valence electrons. The summed E-state index contributed by atoms with van der Waals surface area (Å²) in [6, 6.07) is 11.0. The molecule has 2 aromatic rings. The van der Waals surface area contributed by atoms with Crippen LogP contribution in [0.5, 0.6) is 0 Å². The van der Waals surface area contributed by atoms with E-state index < -0.39 is 0 Å². The molecule has 1 aromatic carbocycles. The number of carbonyl (C=O) groups excluding carboxylic acids is 1. The Bertz CT molecular complexity index is 656. The van der Waals surface area contributed by atoms with Crippen LogP contribution in [-0.4, -0.2) is 35.4 Å². The molecule has 23 heavy (non-hydrogen) atoms. The summed E-state index contributed by atoms with van der Waals surface area (Å²) in [7, 11) is 0. The van der Waals surface area contributed by atoms with E-state index in [-0.39, 0.29) is 5.91 Å². The van der Waals surface area contributed by atoms with Gasteiger partial charge in [-0.3, -0.25) is 9.78 Å². The Morgan fingerprint density at radius 3 is 2.96 bits per heavy atom. The topological polar surface area (TPSA) is 45.2 Å². The standard InChI is InChI=1S/C18H20ClN3O/c19-17-5-1-4-16(9-17)18(23)22(13-15-6-8-21-11-15)12-14-3-2-7-20-10-14/h1-5,7,9-10,15,21H,6,8,11-13H2/t15-/m1/s1. The van der Waals surface area contributed by atoms with Crippen LogP contribution in [-0.2, 0) is 6.54 Å². The summed E-state index contributed by atoms with van der Waals surface area (Å²) in [5.41, 5.74) is 1.67. The number of hydrogen-bond acceptors (Lipinski definition) is 3. The van der Waals surface area contributed by atoms with Crippen LogP contribution in [0.1, 0.15) is 22.3 Å². The van der Waals surface area contributed by atoms with Crippen LogP contribution in [0.2, 0.25) is 5.02 Å². The van der Waals surface area contributed by atoms with Crippen molar-refractivity contribution >= 4 is 17.5 Å². The van der Waals surface area contributed by atoms with Crippen LogP contribution >= 0.6 is 11.6 Å². The van der Waals surface area contributed by atoms with Gasteiger partial charge in [0.25, 0.3) is 5.91 Å². The highest BCUT2D eigenvalue weighted by Gasteiger charge is 2.23. The Labute approximate surface area is 141 Å². The zero-order valence-corrected chi connectivity index (χ0v) is 13.7. The lowest BCUT2D eigenvalue weighted by atomic mass is 10.1. The highest BCUT2D eigenvalue weighted by molar-refractivity contribution is 6.30. The van der Waals surface area contributed by atoms with Gasteiger partial charge < -0.3 is 10.2 Å². The fourth-order valence-corrected chi connectivity index (χ4v) is 3.11. The first-order valence-electron chi connectivity index (χ1n) is 7.87. The third-order valence-electron chi connectivity index (χ3n) is 4.10. The minimum absolute atomic E-state index is 0.0169. The Morgan fingerprint density at radius 2 is 2.26 bits per heavy atom. The summed E-state index contributed by atoms with van der Waals surface area (Å²) in [5, 5.41) is 3.94. The predicted octanol–water partition coefficient (Wildman–Crippen LogP) is 2.99. The molecule has 5 heteroatoms. The van der Waals surface area contributed by atoms with Gasteiger partial charge >= 0.3 is 0 Å². The first-order chi connectivity index (χ1) is 11.2. The summed E-state index contributed by atoms with van der Waals surface area (Å²) >= 11 is 6.03. The molecule has 2 heterocycles. The van der Waals surface area contributed by atoms with Crippen molar-refractivity contribution in [3.05, 3.63) is 64.9 Å². The van der Waals surface area contributed by atoms with Gasteiger partial charge in [0.1, 0.15) is 0 Å². The average Bonchev–Trinajstić information content (AvgIpc) is 3.08. The molecule has 0 spiro atoms. The van der Waals surface area contributed by atoms with Gasteiger partial charge in [-0.25, -0.2) is 0 Å². The number of nitrogens with one attached hydrogen (secondary N) is 1. The fourth-order valence-electron chi connectivity index (χ4n) is 2.92. The van der Waals surface area contributed by atoms with E-state index >= 15 is 0 Å². The van der Waals surface area contributed by atoms with E-state index in [4.69, 9.17) is 11.6 Å². The van der Waals surface area contributed by atoms with Crippen molar-refractivity contribution in [2.75, 3.05) is 19.6 Å². The van der Waals surface area contributed by atoms with E-state index in [1.165, 1.54) is 0 Å². The van der Waals surface area contributed by atoms with E-state index in [2.05, 4.69) is 10.3 Å². The lowest BCUT2D eigenvalue weighted by molar-refractivity contribution is 0.0718. The molecule has 1 saturated heterocycles. The minimum Gasteiger partial charge on any atom is -0.334 e. The van der Waals surface area contributed by atoms with Crippen LogP contribution in [0.3, 0.4) is 0 Å². The monoisotopic (exact) mass is 329 g/mol. The first-order valence-corrected chi connectivity index (χ1v) is 8.24. The van der Waals surface area contributed by atoms with Gasteiger partial charge in [-0.15, -0.1) is 0 Å². The summed E-state index contributed by atoms with van der Waals surface area (Å²) in [4.78, 5) is 19.0. The summed E-state index contributed by atoms with van der Waals surface area (Å²) in [6.07, 6.45) is 4.66. The summed E-state index contributed by atoms with van der Waals surface area (Å²) in [6.45, 7) is 3.30. The largest absolute Gasteiger partial charge is 0.334 e. The number of hydrogen-bond donors (Lipinski definition) is 1. The number of pyridine rings is 1. The van der Waals surface area contributed by atoms with Gasteiger partial charge in [0.05, 0.1) is 0 Å². The van der Waals surface area contributed by atoms with Crippen molar-refractivity contribution < 1.29 is 4.79 Å². The molecule has 1 fully saturated rings. The zero-order chi connectivity index (χ0) is 16.1. The highest BCUT2D eigenvalue weighted by atomic mass is 35.5. The number of amides is 1. The molecular formula is C18H20ClN3O. The second kappa shape index (κ2) is 7.57. The van der Waals surface area contributed by atoms with E-state index in [0.717, 1.165) is 31.6 Å². The van der Waals surface area contributed by atoms with Crippen LogP contribution in [0.4, 0.5) is 0 Å². The van der Waals surface area contributed by atoms with Crippen LogP contribution in [0.15, 0.2) is 48.8 Å². The van der Waals surface area contributed by atoms with Gasteiger partial charge in [0.2, 0.25) is 0 Å². The normalized spacial score (nSPS) is 17.2. The lowest BCUT2D eigenvalue weighted by Gasteiger charge is -2.26. The van der Waals surface area contributed by atoms with E-state index in [1.54, 1.807) is 18.3 Å². The Balaban J connectivity index is 1.79. The minimum atomic E-state index is 0.0169. The molecule has 1 amide bonds. The molecule has 1 atom stereocenters. The van der Waals surface area contributed by atoms with Crippen molar-refractivity contribution in [1.29, 1.82) is 0 Å². The molecule has 3 rings (SSSR count). The summed E-state index contributed by atoms with van der Waals surface area (Å²) < 4.78 is 0. The molecule has 0 bridgehead atoms. The second-order valence-electron chi connectivity index (χ2n) is 5.92. The molecule has 0 unspecified atom stereocenters. The quantitative estimate of drug-likeness (QED) is 0.917. The van der Waals surface area contributed by atoms with Gasteiger partial charge in [-0.05, 0) is 55.3 Å². The number of aromatic nitrogens is 1. The zero-order valence-electron chi connectivity index (χ0n) is 12.9. The number of halogens is 1. The number of nitrogens with zero attached hydrogens (tertiary/aromatic N) is 2. The number of rotatable bonds is 5. The Kier molecular flexibility index (Phi) is 5.26. The van der Waals surface area contributed by atoms with Crippen molar-refractivity contribution in [1.82, 2.24) is 15.2 Å². The molecule has 1 aliphatic heterocycles. The van der Waals surface area contributed by atoms with Gasteiger partial charge in [0.15, 0.2) is 0 Å². The maximum absolute atomic E-state index is 12.9. The van der Waals surface area contributed by atoms with E-state index in [9.17, 15) is 4.79 Å². The Morgan fingerprint density at radius 1 is 1.35 bits per heavy atom. The van der Waals surface area contributed by atoms with Crippen molar-refractivity contribution in [3.8, 4) is 0 Å². The first kappa shape index (κ1) is 16.0. The van der Waals surface area contributed by atoms with Crippen LogP contribution < -0.4 is 5.32 Å². The van der Waals surface area contributed by atoms with E-state index in [1.807, 2.05) is 35.4 Å². The third kappa shape index (κ3) is 4.30. The lowest BCUT2D eigenvalue weighted by Crippen LogP contribution is -2.35. The molecule has 0 saturated carbocycles. The predicted molar refractivity (Wildman–Crippen MR) is 91.4 cm³/mol. The van der Waals surface area contributed by atoms with E-state index in [0.29, 0.717) is 23.0 Å². The number of benzene rings is 1. The van der Waals surface area contributed by atoms with Gasteiger partial charge in [-0.1, -0.05) is 23.7 Å². The molecule has 0 radical (unpaired) electrons. The molecule has 0 aliphatic carbocycles. The van der Waals surface area contributed by atoms with Crippen molar-refractivity contribution in [3.63, 3.8) is 0 Å². The SMILES string of the molecule is O=C(c1cccc(Cl)c1)N(Cc1cccnc1)C[C@@H]1CCNC1. The molecule has 4 nitrogen and oxygen atoms in total. The molecule has 1 aromatic heterocycles. The molecule has 1 aliphatic rings. The summed E-state index contributed by atoms with van der Waals surface area (Å²) in [5.74, 6) is 0.512. The number of carbonyl (C=O) groups is 1. The van der Waals surface area contributed by atoms with Gasteiger partial charge in [-0.2, -0.15) is 0 Å². The maximum Gasteiger partial charge on any atom is 0.254 e. The van der Waals surface area contributed by atoms with Crippen LogP contribution in [0, 0.1) is 5.92 Å². The smallest absolute Gasteiger partial charge is 0.254 e. The van der Waals surface area contributed by atoms with Crippen molar-refractivity contribution in [2.45, 2.75) is 13.0 Å².